The zero-order chi connectivity index (χ0) is 11.7. The zero-order valence-corrected chi connectivity index (χ0v) is 10.1. The molecule has 0 aliphatic heterocycles. The van der Waals surface area contributed by atoms with Crippen LogP contribution in [0.15, 0.2) is 30.5 Å². The average molecular weight is 245 g/mol. The third kappa shape index (κ3) is 1.87. The topological polar surface area (TPSA) is 55.6 Å². The van der Waals surface area contributed by atoms with Crippen molar-refractivity contribution in [2.75, 3.05) is 5.32 Å². The van der Waals surface area contributed by atoms with Gasteiger partial charge >= 0.3 is 0 Å². The van der Waals surface area contributed by atoms with Gasteiger partial charge in [0, 0.05) is 42.2 Å². The van der Waals surface area contributed by atoms with Crippen molar-refractivity contribution in [3.8, 4) is 0 Å². The quantitative estimate of drug-likeness (QED) is 0.767. The fourth-order valence-corrected chi connectivity index (χ4v) is 2.30. The molecule has 0 atom stereocenters. The molecule has 3 aromatic rings. The summed E-state index contributed by atoms with van der Waals surface area (Å²) in [6.07, 6.45) is 2.13. The van der Waals surface area contributed by atoms with E-state index in [1.165, 1.54) is 28.0 Å². The van der Waals surface area contributed by atoms with Crippen molar-refractivity contribution in [3.63, 3.8) is 0 Å². The number of fused-ring (bicyclic) bond motifs is 1. The minimum absolute atomic E-state index is 0.734. The number of nitrogens with one attached hydrogen (secondary N) is 1. The van der Waals surface area contributed by atoms with Crippen molar-refractivity contribution in [2.24, 2.45) is 7.05 Å². The van der Waals surface area contributed by atoms with Gasteiger partial charge in [-0.25, -0.2) is 0 Å². The maximum Gasteiger partial charge on any atom is 0.225 e. The molecule has 0 bridgehead atoms. The molecule has 6 heteroatoms. The molecule has 0 saturated carbocycles. The average Bonchev–Trinajstić information content (AvgIpc) is 2.96. The second-order valence-corrected chi connectivity index (χ2v) is 4.54. The van der Waals surface area contributed by atoms with Crippen molar-refractivity contribution in [2.45, 2.75) is 6.54 Å². The monoisotopic (exact) mass is 245 g/mol. The SMILES string of the molecule is Cn1cc(CNc2nnns2)c2ccccc21. The number of aromatic nitrogens is 4. The van der Waals surface area contributed by atoms with Crippen molar-refractivity contribution in [1.82, 2.24) is 19.4 Å². The molecule has 0 aliphatic carbocycles. The fourth-order valence-electron chi connectivity index (χ4n) is 1.94. The van der Waals surface area contributed by atoms with Gasteiger partial charge in [-0.05, 0) is 16.8 Å². The minimum atomic E-state index is 0.734. The predicted molar refractivity (Wildman–Crippen MR) is 67.9 cm³/mol. The molecule has 17 heavy (non-hydrogen) atoms. The summed E-state index contributed by atoms with van der Waals surface area (Å²) >= 11 is 1.26. The van der Waals surface area contributed by atoms with Crippen LogP contribution in [0.1, 0.15) is 5.56 Å². The van der Waals surface area contributed by atoms with Crippen molar-refractivity contribution in [3.05, 3.63) is 36.0 Å². The number of anilines is 1. The van der Waals surface area contributed by atoms with Crippen molar-refractivity contribution >= 4 is 27.6 Å². The Morgan fingerprint density at radius 2 is 2.24 bits per heavy atom. The first-order valence-electron chi connectivity index (χ1n) is 5.26. The summed E-state index contributed by atoms with van der Waals surface area (Å²) in [5, 5.41) is 12.6. The maximum absolute atomic E-state index is 3.86. The van der Waals surface area contributed by atoms with Crippen LogP contribution in [0.2, 0.25) is 0 Å². The maximum atomic E-state index is 3.86. The van der Waals surface area contributed by atoms with E-state index in [0.29, 0.717) is 0 Å². The summed E-state index contributed by atoms with van der Waals surface area (Å²) in [6, 6.07) is 8.35. The Morgan fingerprint density at radius 3 is 3.06 bits per heavy atom. The molecule has 1 N–H and O–H groups in total. The lowest BCUT2D eigenvalue weighted by molar-refractivity contribution is 0.942. The van der Waals surface area contributed by atoms with Crippen LogP contribution in [0.3, 0.4) is 0 Å². The Bertz CT molecular complexity index is 628. The fraction of sp³-hybridized carbons (Fsp3) is 0.182. The molecular formula is C11H11N5S. The summed E-state index contributed by atoms with van der Waals surface area (Å²) in [5.41, 5.74) is 2.48. The highest BCUT2D eigenvalue weighted by molar-refractivity contribution is 7.09. The first kappa shape index (κ1) is 10.2. The van der Waals surface area contributed by atoms with E-state index < -0.39 is 0 Å². The van der Waals surface area contributed by atoms with Crippen LogP contribution >= 0.6 is 11.5 Å². The lowest BCUT2D eigenvalue weighted by Crippen LogP contribution is -1.98. The molecule has 0 spiro atoms. The molecule has 2 heterocycles. The van der Waals surface area contributed by atoms with E-state index >= 15 is 0 Å². The largest absolute Gasteiger partial charge is 0.355 e. The van der Waals surface area contributed by atoms with Gasteiger partial charge in [0.1, 0.15) is 0 Å². The van der Waals surface area contributed by atoms with Crippen LogP contribution in [-0.4, -0.2) is 19.4 Å². The summed E-state index contributed by atoms with van der Waals surface area (Å²) in [7, 11) is 2.05. The number of rotatable bonds is 3. The van der Waals surface area contributed by atoms with Crippen LogP contribution in [0.25, 0.3) is 10.9 Å². The van der Waals surface area contributed by atoms with E-state index in [9.17, 15) is 0 Å². The Balaban J connectivity index is 1.90. The smallest absolute Gasteiger partial charge is 0.225 e. The summed E-state index contributed by atoms with van der Waals surface area (Å²) in [6.45, 7) is 0.734. The lowest BCUT2D eigenvalue weighted by atomic mass is 10.2. The highest BCUT2D eigenvalue weighted by Crippen LogP contribution is 2.21. The van der Waals surface area contributed by atoms with E-state index in [0.717, 1.165) is 11.7 Å². The van der Waals surface area contributed by atoms with Crippen LogP contribution in [0.5, 0.6) is 0 Å². The highest BCUT2D eigenvalue weighted by Gasteiger charge is 2.06. The third-order valence-electron chi connectivity index (χ3n) is 2.71. The highest BCUT2D eigenvalue weighted by atomic mass is 32.1. The molecule has 0 aliphatic rings. The van der Waals surface area contributed by atoms with Crippen LogP contribution in [0, 0.1) is 0 Å². The van der Waals surface area contributed by atoms with Crippen molar-refractivity contribution in [1.29, 1.82) is 0 Å². The second-order valence-electron chi connectivity index (χ2n) is 3.80. The summed E-state index contributed by atoms with van der Waals surface area (Å²) < 4.78 is 5.84. The first-order chi connectivity index (χ1) is 8.34. The van der Waals surface area contributed by atoms with Crippen LogP contribution < -0.4 is 5.32 Å². The van der Waals surface area contributed by atoms with Gasteiger partial charge in [0.25, 0.3) is 0 Å². The molecule has 0 fully saturated rings. The van der Waals surface area contributed by atoms with Crippen molar-refractivity contribution < 1.29 is 0 Å². The normalized spacial score (nSPS) is 10.9. The summed E-state index contributed by atoms with van der Waals surface area (Å²) in [4.78, 5) is 0. The van der Waals surface area contributed by atoms with Gasteiger partial charge < -0.3 is 9.88 Å². The third-order valence-corrected chi connectivity index (χ3v) is 3.26. The molecule has 0 amide bonds. The Labute approximate surface area is 102 Å². The Hall–Kier alpha value is -1.95. The van der Waals surface area contributed by atoms with E-state index in [1.54, 1.807) is 0 Å². The lowest BCUT2D eigenvalue weighted by Gasteiger charge is -1.99. The van der Waals surface area contributed by atoms with E-state index in [2.05, 4.69) is 56.1 Å². The first-order valence-corrected chi connectivity index (χ1v) is 6.04. The minimum Gasteiger partial charge on any atom is -0.355 e. The number of hydrogen-bond acceptors (Lipinski definition) is 5. The molecule has 2 aromatic heterocycles. The zero-order valence-electron chi connectivity index (χ0n) is 9.29. The molecule has 0 radical (unpaired) electrons. The Kier molecular flexibility index (Phi) is 2.49. The van der Waals surface area contributed by atoms with Gasteiger partial charge in [0.2, 0.25) is 5.13 Å². The van der Waals surface area contributed by atoms with Gasteiger partial charge in [-0.2, -0.15) is 0 Å². The number of nitrogens with zero attached hydrogens (tertiary/aromatic N) is 4. The predicted octanol–water partition coefficient (Wildman–Crippen LogP) is 2.04. The molecule has 3 rings (SSSR count). The Morgan fingerprint density at radius 1 is 1.35 bits per heavy atom. The van der Waals surface area contributed by atoms with Crippen LogP contribution in [-0.2, 0) is 13.6 Å². The molecule has 5 nitrogen and oxygen atoms in total. The number of para-hydroxylation sites is 1. The van der Waals surface area contributed by atoms with E-state index in [4.69, 9.17) is 0 Å². The summed E-state index contributed by atoms with van der Waals surface area (Å²) in [5.74, 6) is 0. The molecular weight excluding hydrogens is 234 g/mol. The van der Waals surface area contributed by atoms with Gasteiger partial charge in [0.15, 0.2) is 0 Å². The van der Waals surface area contributed by atoms with Crippen LogP contribution in [0.4, 0.5) is 5.13 Å². The molecule has 0 unspecified atom stereocenters. The van der Waals surface area contributed by atoms with Gasteiger partial charge in [0.05, 0.1) is 0 Å². The number of benzene rings is 1. The number of aryl methyl sites for hydroxylation is 1. The number of hydrogen-bond donors (Lipinski definition) is 1. The molecule has 86 valence electrons. The van der Waals surface area contributed by atoms with Gasteiger partial charge in [-0.15, -0.1) is 0 Å². The molecule has 1 aromatic carbocycles. The molecule has 0 saturated heterocycles. The van der Waals surface area contributed by atoms with Gasteiger partial charge in [-0.1, -0.05) is 27.8 Å². The van der Waals surface area contributed by atoms with Gasteiger partial charge in [-0.3, -0.25) is 0 Å². The van der Waals surface area contributed by atoms with E-state index in [1.807, 2.05) is 6.07 Å². The standard InChI is InChI=1S/C11H11N5S/c1-16-7-8(6-12-11-13-14-15-17-11)9-4-2-3-5-10(9)16/h2-5,7H,6H2,1H3,(H,12,13,15). The second kappa shape index (κ2) is 4.14. The van der Waals surface area contributed by atoms with E-state index in [-0.39, 0.29) is 0 Å².